The number of benzene rings is 2. The molecule has 0 unspecified atom stereocenters. The minimum Gasteiger partial charge on any atom is -0.337 e. The predicted octanol–water partition coefficient (Wildman–Crippen LogP) is 1.44. The van der Waals surface area contributed by atoms with Crippen molar-refractivity contribution in [3.05, 3.63) is 65.2 Å². The molecule has 0 saturated heterocycles. The Balaban J connectivity index is 2.59. The van der Waals surface area contributed by atoms with E-state index in [1.54, 1.807) is 61.8 Å². The lowest BCUT2D eigenvalue weighted by Gasteiger charge is -2.33. The van der Waals surface area contributed by atoms with Gasteiger partial charge in [-0.3, -0.25) is 20.2 Å². The number of carbonyl (C=O) groups is 3. The zero-order chi connectivity index (χ0) is 26.2. The van der Waals surface area contributed by atoms with Crippen LogP contribution in [0.3, 0.4) is 0 Å². The van der Waals surface area contributed by atoms with E-state index in [1.165, 1.54) is 6.07 Å². The van der Waals surface area contributed by atoms with Gasteiger partial charge in [0.15, 0.2) is 14.6 Å². The van der Waals surface area contributed by atoms with Gasteiger partial charge in [0.2, 0.25) is 0 Å². The van der Waals surface area contributed by atoms with E-state index in [9.17, 15) is 28.0 Å². The first-order valence-corrected chi connectivity index (χ1v) is 12.8. The summed E-state index contributed by atoms with van der Waals surface area (Å²) in [5.74, 6) is 2.30. The molecule has 2 aromatic rings. The highest BCUT2D eigenvalue weighted by atomic mass is 32.2. The number of amides is 4. The standard InChI is InChI=1S/C23H31N5O6S/c1-4-12-23(21(30)27-24,35(3,33)34)19-11-10-15(2)13-17(19)18(20(29)28-32)14-25-22(31)26-16-8-6-5-7-9-16/h5-11,13,18,32H,4,12,14,24H2,1-3H3,(H,27,30)(H,28,29)(H2,25,26,31)/t18-,23+/m0/s1. The maximum absolute atomic E-state index is 13.1. The number of sulfone groups is 1. The van der Waals surface area contributed by atoms with Crippen LogP contribution in [0.15, 0.2) is 48.5 Å². The van der Waals surface area contributed by atoms with Crippen LogP contribution in [0, 0.1) is 6.92 Å². The first-order valence-electron chi connectivity index (χ1n) is 10.9. The number of urea groups is 1. The number of rotatable bonds is 10. The number of para-hydroxylation sites is 1. The van der Waals surface area contributed by atoms with Crippen molar-refractivity contribution in [3.63, 3.8) is 0 Å². The molecule has 0 saturated carbocycles. The average molecular weight is 506 g/mol. The van der Waals surface area contributed by atoms with Gasteiger partial charge >= 0.3 is 6.03 Å². The number of carbonyl (C=O) groups excluding carboxylic acids is 3. The second kappa shape index (κ2) is 11.8. The third-order valence-corrected chi connectivity index (χ3v) is 7.55. The van der Waals surface area contributed by atoms with Crippen molar-refractivity contribution < 1.29 is 28.0 Å². The summed E-state index contributed by atoms with van der Waals surface area (Å²) < 4.78 is 24.0. The quantitative estimate of drug-likeness (QED) is 0.122. The second-order valence-electron chi connectivity index (χ2n) is 8.14. The topological polar surface area (TPSA) is 180 Å². The van der Waals surface area contributed by atoms with Gasteiger partial charge in [0, 0.05) is 18.5 Å². The van der Waals surface area contributed by atoms with Crippen LogP contribution in [0.1, 0.15) is 42.4 Å². The van der Waals surface area contributed by atoms with Crippen LogP contribution in [-0.4, -0.2) is 44.3 Å². The molecule has 190 valence electrons. The number of hydroxylamine groups is 1. The summed E-state index contributed by atoms with van der Waals surface area (Å²) in [4.78, 5) is 38.1. The Hall–Kier alpha value is -3.48. The Morgan fingerprint density at radius 1 is 1.11 bits per heavy atom. The fraction of sp³-hybridized carbons (Fsp3) is 0.348. The Labute approximate surface area is 204 Å². The number of anilines is 1. The van der Waals surface area contributed by atoms with Crippen LogP contribution < -0.4 is 27.4 Å². The molecule has 0 aliphatic heterocycles. The highest BCUT2D eigenvalue weighted by molar-refractivity contribution is 7.92. The van der Waals surface area contributed by atoms with Crippen molar-refractivity contribution in [1.82, 2.24) is 16.2 Å². The summed E-state index contributed by atoms with van der Waals surface area (Å²) in [6.07, 6.45) is 1.12. The Kier molecular flexibility index (Phi) is 9.34. The first-order chi connectivity index (χ1) is 16.5. The Morgan fingerprint density at radius 3 is 2.31 bits per heavy atom. The van der Waals surface area contributed by atoms with Crippen LogP contribution in [0.2, 0.25) is 0 Å². The molecular formula is C23H31N5O6S. The van der Waals surface area contributed by atoms with Crippen molar-refractivity contribution in [3.8, 4) is 0 Å². The number of hydrogen-bond donors (Lipinski definition) is 6. The van der Waals surface area contributed by atoms with Gasteiger partial charge in [-0.2, -0.15) is 0 Å². The van der Waals surface area contributed by atoms with Gasteiger partial charge in [0.25, 0.3) is 11.8 Å². The second-order valence-corrected chi connectivity index (χ2v) is 10.4. The molecule has 12 heteroatoms. The zero-order valence-electron chi connectivity index (χ0n) is 19.8. The van der Waals surface area contributed by atoms with Crippen molar-refractivity contribution in [2.75, 3.05) is 18.1 Å². The molecule has 0 aliphatic carbocycles. The summed E-state index contributed by atoms with van der Waals surface area (Å²) in [5, 5.41) is 14.6. The average Bonchev–Trinajstić information content (AvgIpc) is 2.82. The highest BCUT2D eigenvalue weighted by Crippen LogP contribution is 2.40. The molecule has 2 rings (SSSR count). The fourth-order valence-electron chi connectivity index (χ4n) is 4.04. The molecule has 0 aliphatic rings. The van der Waals surface area contributed by atoms with E-state index in [0.29, 0.717) is 17.7 Å². The lowest BCUT2D eigenvalue weighted by atomic mass is 9.82. The molecule has 0 fully saturated rings. The van der Waals surface area contributed by atoms with Crippen LogP contribution in [0.5, 0.6) is 0 Å². The Bertz CT molecular complexity index is 1170. The third kappa shape index (κ3) is 6.15. The third-order valence-electron chi connectivity index (χ3n) is 5.68. The molecule has 7 N–H and O–H groups in total. The normalized spacial score (nSPS) is 13.7. The maximum atomic E-state index is 13.1. The van der Waals surface area contributed by atoms with Crippen molar-refractivity contribution in [2.45, 2.75) is 37.4 Å². The number of aryl methyl sites for hydroxylation is 1. The summed E-state index contributed by atoms with van der Waals surface area (Å²) in [7, 11) is -4.11. The molecule has 0 bridgehead atoms. The molecule has 35 heavy (non-hydrogen) atoms. The molecule has 2 aromatic carbocycles. The summed E-state index contributed by atoms with van der Waals surface area (Å²) in [6.45, 7) is 3.13. The number of hydrazine groups is 1. The van der Waals surface area contributed by atoms with Crippen molar-refractivity contribution in [1.29, 1.82) is 0 Å². The van der Waals surface area contributed by atoms with E-state index in [0.717, 1.165) is 6.26 Å². The minimum atomic E-state index is -4.11. The fourth-order valence-corrected chi connectivity index (χ4v) is 5.60. The summed E-state index contributed by atoms with van der Waals surface area (Å²) in [6, 6.07) is 12.6. The largest absolute Gasteiger partial charge is 0.337 e. The van der Waals surface area contributed by atoms with Gasteiger partial charge in [-0.25, -0.2) is 24.5 Å². The molecule has 0 spiro atoms. The number of nitrogens with two attached hydrogens (primary N) is 1. The van der Waals surface area contributed by atoms with E-state index >= 15 is 0 Å². The van der Waals surface area contributed by atoms with Crippen LogP contribution in [-0.2, 0) is 24.2 Å². The van der Waals surface area contributed by atoms with Crippen molar-refractivity contribution >= 4 is 33.4 Å². The predicted molar refractivity (Wildman–Crippen MR) is 131 cm³/mol. The number of hydrogen-bond acceptors (Lipinski definition) is 7. The lowest BCUT2D eigenvalue weighted by Crippen LogP contribution is -2.52. The van der Waals surface area contributed by atoms with E-state index in [1.807, 2.05) is 5.43 Å². The SMILES string of the molecule is CCC[C@](C(=O)NN)(c1ccc(C)cc1[C@H](CNC(=O)Nc1ccccc1)C(=O)NO)S(C)(=O)=O. The van der Waals surface area contributed by atoms with E-state index < -0.39 is 38.3 Å². The first kappa shape index (κ1) is 27.8. The van der Waals surface area contributed by atoms with E-state index in [-0.39, 0.29) is 24.1 Å². The van der Waals surface area contributed by atoms with Crippen LogP contribution >= 0.6 is 0 Å². The molecule has 11 nitrogen and oxygen atoms in total. The lowest BCUT2D eigenvalue weighted by molar-refractivity contribution is -0.130. The van der Waals surface area contributed by atoms with Gasteiger partial charge < -0.3 is 10.6 Å². The molecule has 0 aromatic heterocycles. The Morgan fingerprint density at radius 2 is 1.77 bits per heavy atom. The summed E-state index contributed by atoms with van der Waals surface area (Å²) in [5.41, 5.74) is 4.89. The van der Waals surface area contributed by atoms with E-state index in [2.05, 4.69) is 10.6 Å². The van der Waals surface area contributed by atoms with Gasteiger partial charge in [-0.05, 0) is 36.6 Å². The van der Waals surface area contributed by atoms with Gasteiger partial charge in [0.05, 0.1) is 5.92 Å². The monoisotopic (exact) mass is 505 g/mol. The van der Waals surface area contributed by atoms with E-state index in [4.69, 9.17) is 5.84 Å². The smallest absolute Gasteiger partial charge is 0.319 e. The van der Waals surface area contributed by atoms with Gasteiger partial charge in [0.1, 0.15) is 0 Å². The maximum Gasteiger partial charge on any atom is 0.319 e. The van der Waals surface area contributed by atoms with Crippen LogP contribution in [0.25, 0.3) is 0 Å². The molecule has 0 heterocycles. The van der Waals surface area contributed by atoms with Gasteiger partial charge in [-0.1, -0.05) is 55.3 Å². The minimum absolute atomic E-state index is 0.0364. The van der Waals surface area contributed by atoms with Crippen LogP contribution in [0.4, 0.5) is 10.5 Å². The summed E-state index contributed by atoms with van der Waals surface area (Å²) >= 11 is 0. The highest BCUT2D eigenvalue weighted by Gasteiger charge is 2.51. The molecular weight excluding hydrogens is 474 g/mol. The number of nitrogens with one attached hydrogen (secondary N) is 4. The molecule has 2 atom stereocenters. The zero-order valence-corrected chi connectivity index (χ0v) is 20.6. The molecule has 0 radical (unpaired) electrons. The molecule has 4 amide bonds. The van der Waals surface area contributed by atoms with Gasteiger partial charge in [-0.15, -0.1) is 0 Å². The van der Waals surface area contributed by atoms with Crippen molar-refractivity contribution in [2.24, 2.45) is 5.84 Å².